The minimum Gasteiger partial charge on any atom is -0.497 e. The summed E-state index contributed by atoms with van der Waals surface area (Å²) in [5, 5.41) is 15.5. The number of methoxy groups -OCH3 is 1. The number of ether oxygens (including phenoxy) is 1. The van der Waals surface area contributed by atoms with Crippen molar-refractivity contribution in [1.29, 1.82) is 0 Å². The normalized spacial score (nSPS) is 12.4. The Bertz CT molecular complexity index is 805. The highest BCUT2D eigenvalue weighted by molar-refractivity contribution is 5.42. The predicted molar refractivity (Wildman–Crippen MR) is 110 cm³/mol. The van der Waals surface area contributed by atoms with E-state index in [2.05, 4.69) is 11.9 Å². The Labute approximate surface area is 161 Å². The van der Waals surface area contributed by atoms with Crippen LogP contribution in [0.15, 0.2) is 97.6 Å². The molecule has 0 amide bonds. The van der Waals surface area contributed by atoms with Gasteiger partial charge in [-0.2, -0.15) is 0 Å². The van der Waals surface area contributed by atoms with Crippen LogP contribution >= 0.6 is 0 Å². The lowest BCUT2D eigenvalue weighted by Crippen LogP contribution is -2.43. The highest BCUT2D eigenvalue weighted by Gasteiger charge is 2.40. The van der Waals surface area contributed by atoms with Gasteiger partial charge in [0.1, 0.15) is 11.4 Å². The summed E-state index contributed by atoms with van der Waals surface area (Å²) in [4.78, 5) is 0. The van der Waals surface area contributed by atoms with Crippen molar-refractivity contribution in [3.05, 3.63) is 114 Å². The van der Waals surface area contributed by atoms with Gasteiger partial charge in [-0.25, -0.2) is 0 Å². The average Bonchev–Trinajstić information content (AvgIpc) is 2.75. The molecule has 27 heavy (non-hydrogen) atoms. The van der Waals surface area contributed by atoms with E-state index in [4.69, 9.17) is 4.74 Å². The molecule has 0 aliphatic carbocycles. The maximum Gasteiger partial charge on any atom is 0.134 e. The van der Waals surface area contributed by atoms with Gasteiger partial charge in [-0.05, 0) is 28.8 Å². The molecule has 0 saturated heterocycles. The second-order valence-electron chi connectivity index (χ2n) is 6.40. The largest absolute Gasteiger partial charge is 0.497 e. The molecule has 0 bridgehead atoms. The van der Waals surface area contributed by atoms with E-state index in [-0.39, 0.29) is 6.04 Å². The fraction of sp³-hybridized carbons (Fsp3) is 0.167. The van der Waals surface area contributed by atoms with Crippen molar-refractivity contribution < 1.29 is 9.84 Å². The smallest absolute Gasteiger partial charge is 0.134 e. The quantitative estimate of drug-likeness (QED) is 0.584. The first-order valence-electron chi connectivity index (χ1n) is 9.01. The molecule has 3 rings (SSSR count). The van der Waals surface area contributed by atoms with Gasteiger partial charge >= 0.3 is 0 Å². The number of hydrogen-bond donors (Lipinski definition) is 2. The third-order valence-electron chi connectivity index (χ3n) is 4.76. The van der Waals surface area contributed by atoms with E-state index in [1.165, 1.54) is 0 Å². The van der Waals surface area contributed by atoms with Crippen LogP contribution in [0.1, 0.15) is 22.7 Å². The molecule has 2 N–H and O–H groups in total. The number of benzene rings is 3. The van der Waals surface area contributed by atoms with Crippen molar-refractivity contribution in [2.45, 2.75) is 11.6 Å². The molecule has 0 spiro atoms. The summed E-state index contributed by atoms with van der Waals surface area (Å²) >= 11 is 0. The molecule has 0 aromatic heterocycles. The Morgan fingerprint density at radius 2 is 1.44 bits per heavy atom. The van der Waals surface area contributed by atoms with Crippen LogP contribution in [0.25, 0.3) is 0 Å². The molecule has 3 heteroatoms. The first kappa shape index (κ1) is 18.9. The average molecular weight is 359 g/mol. The van der Waals surface area contributed by atoms with Gasteiger partial charge in [-0.3, -0.25) is 0 Å². The topological polar surface area (TPSA) is 41.5 Å². The summed E-state index contributed by atoms with van der Waals surface area (Å²) in [6, 6.07) is 26.9. The predicted octanol–water partition coefficient (Wildman–Crippen LogP) is 4.45. The maximum absolute atomic E-state index is 12.1. The van der Waals surface area contributed by atoms with Crippen LogP contribution in [-0.4, -0.2) is 18.8 Å². The summed E-state index contributed by atoms with van der Waals surface area (Å²) in [5.41, 5.74) is 1.37. The molecule has 3 nitrogen and oxygen atoms in total. The van der Waals surface area contributed by atoms with Crippen molar-refractivity contribution in [2.24, 2.45) is 0 Å². The molecule has 138 valence electrons. The van der Waals surface area contributed by atoms with E-state index < -0.39 is 5.60 Å². The zero-order valence-corrected chi connectivity index (χ0v) is 15.5. The molecule has 1 atom stereocenters. The molecule has 0 fully saturated rings. The lowest BCUT2D eigenvalue weighted by atomic mass is 9.77. The zero-order valence-electron chi connectivity index (χ0n) is 15.5. The first-order valence-corrected chi connectivity index (χ1v) is 9.01. The Morgan fingerprint density at radius 3 is 1.89 bits per heavy atom. The molecule has 1 unspecified atom stereocenters. The minimum absolute atomic E-state index is 0.369. The fourth-order valence-electron chi connectivity index (χ4n) is 3.39. The van der Waals surface area contributed by atoms with Crippen LogP contribution in [-0.2, 0) is 5.60 Å². The summed E-state index contributed by atoms with van der Waals surface area (Å²) in [5.74, 6) is 0.782. The van der Waals surface area contributed by atoms with Crippen LogP contribution in [0.5, 0.6) is 5.75 Å². The van der Waals surface area contributed by atoms with E-state index in [1.54, 1.807) is 13.2 Å². The monoisotopic (exact) mass is 359 g/mol. The number of aliphatic hydroxyl groups is 1. The van der Waals surface area contributed by atoms with E-state index in [1.807, 2.05) is 84.9 Å². The number of rotatable bonds is 8. The van der Waals surface area contributed by atoms with Crippen LogP contribution in [0.2, 0.25) is 0 Å². The van der Waals surface area contributed by atoms with Crippen molar-refractivity contribution in [2.75, 3.05) is 13.7 Å². The summed E-state index contributed by atoms with van der Waals surface area (Å²) in [6.07, 6.45) is 1.80. The van der Waals surface area contributed by atoms with E-state index in [0.717, 1.165) is 22.4 Å². The van der Waals surface area contributed by atoms with Crippen molar-refractivity contribution in [3.8, 4) is 5.75 Å². The minimum atomic E-state index is -1.25. The van der Waals surface area contributed by atoms with Gasteiger partial charge in [0.25, 0.3) is 0 Å². The van der Waals surface area contributed by atoms with Gasteiger partial charge in [0, 0.05) is 6.54 Å². The molecule has 0 saturated carbocycles. The Hall–Kier alpha value is -2.88. The van der Waals surface area contributed by atoms with E-state index in [9.17, 15) is 5.11 Å². The molecular weight excluding hydrogens is 334 g/mol. The maximum atomic E-state index is 12.1. The van der Waals surface area contributed by atoms with Gasteiger partial charge in [0.15, 0.2) is 0 Å². The SMILES string of the molecule is C=CCNC(c1ccc(OC)cc1)C(O)(c1ccccc1)c1ccccc1. The summed E-state index contributed by atoms with van der Waals surface area (Å²) in [7, 11) is 1.65. The standard InChI is InChI=1S/C24H25NO2/c1-3-18-25-23(19-14-16-22(27-2)17-15-19)24(26,20-10-6-4-7-11-20)21-12-8-5-9-13-21/h3-17,23,25-26H,1,18H2,2H3. The van der Waals surface area contributed by atoms with Crippen LogP contribution in [0.3, 0.4) is 0 Å². The van der Waals surface area contributed by atoms with Crippen molar-refractivity contribution >= 4 is 0 Å². The Morgan fingerprint density at radius 1 is 0.926 bits per heavy atom. The summed E-state index contributed by atoms with van der Waals surface area (Å²) in [6.45, 7) is 4.39. The fourth-order valence-corrected chi connectivity index (χ4v) is 3.39. The van der Waals surface area contributed by atoms with Gasteiger partial charge in [0.2, 0.25) is 0 Å². The molecule has 3 aromatic rings. The molecule has 0 radical (unpaired) electrons. The molecular formula is C24H25NO2. The van der Waals surface area contributed by atoms with E-state index in [0.29, 0.717) is 6.54 Å². The van der Waals surface area contributed by atoms with Crippen LogP contribution < -0.4 is 10.1 Å². The molecule has 0 heterocycles. The highest BCUT2D eigenvalue weighted by Crippen LogP contribution is 2.41. The second-order valence-corrected chi connectivity index (χ2v) is 6.40. The highest BCUT2D eigenvalue weighted by atomic mass is 16.5. The lowest BCUT2D eigenvalue weighted by molar-refractivity contribution is 0.0376. The van der Waals surface area contributed by atoms with Crippen LogP contribution in [0, 0.1) is 0 Å². The van der Waals surface area contributed by atoms with Gasteiger partial charge in [-0.1, -0.05) is 78.9 Å². The lowest BCUT2D eigenvalue weighted by Gasteiger charge is -2.38. The van der Waals surface area contributed by atoms with E-state index >= 15 is 0 Å². The van der Waals surface area contributed by atoms with Crippen molar-refractivity contribution in [1.82, 2.24) is 5.32 Å². The summed E-state index contributed by atoms with van der Waals surface area (Å²) < 4.78 is 5.29. The first-order chi connectivity index (χ1) is 13.2. The zero-order chi connectivity index (χ0) is 19.1. The molecule has 3 aromatic carbocycles. The third-order valence-corrected chi connectivity index (χ3v) is 4.76. The Kier molecular flexibility index (Phi) is 6.07. The van der Waals surface area contributed by atoms with Gasteiger partial charge < -0.3 is 15.2 Å². The number of hydrogen-bond acceptors (Lipinski definition) is 3. The van der Waals surface area contributed by atoms with Crippen LogP contribution in [0.4, 0.5) is 0 Å². The number of nitrogens with one attached hydrogen (secondary N) is 1. The molecule has 0 aliphatic heterocycles. The Balaban J connectivity index is 2.16. The van der Waals surface area contributed by atoms with Crippen molar-refractivity contribution in [3.63, 3.8) is 0 Å². The third kappa shape index (κ3) is 3.95. The van der Waals surface area contributed by atoms with Gasteiger partial charge in [0.05, 0.1) is 13.2 Å². The second kappa shape index (κ2) is 8.67. The van der Waals surface area contributed by atoms with Gasteiger partial charge in [-0.15, -0.1) is 6.58 Å². The molecule has 0 aliphatic rings.